The number of nitrogens with zero attached hydrogens (tertiary/aromatic N) is 2. The van der Waals surface area contributed by atoms with Gasteiger partial charge in [-0.2, -0.15) is 5.26 Å². The van der Waals surface area contributed by atoms with Crippen molar-refractivity contribution in [3.8, 4) is 6.07 Å². The van der Waals surface area contributed by atoms with Gasteiger partial charge >= 0.3 is 0 Å². The highest BCUT2D eigenvalue weighted by atomic mass is 32.2. The van der Waals surface area contributed by atoms with E-state index in [1.807, 2.05) is 60.7 Å². The molecule has 5 rings (SSSR count). The van der Waals surface area contributed by atoms with Crippen molar-refractivity contribution in [1.29, 1.82) is 5.26 Å². The van der Waals surface area contributed by atoms with Gasteiger partial charge in [0.2, 0.25) is 5.91 Å². The molecule has 1 aliphatic carbocycles. The van der Waals surface area contributed by atoms with Crippen LogP contribution in [0, 0.1) is 11.3 Å². The molecule has 0 saturated heterocycles. The highest BCUT2D eigenvalue weighted by molar-refractivity contribution is 8.03. The quantitative estimate of drug-likeness (QED) is 0.478. The normalized spacial score (nSPS) is 17.5. The first-order chi connectivity index (χ1) is 17.2. The molecule has 0 bridgehead atoms. The van der Waals surface area contributed by atoms with Crippen LogP contribution in [0.1, 0.15) is 30.9 Å². The summed E-state index contributed by atoms with van der Waals surface area (Å²) in [6.45, 7) is 0. The molecule has 7 heteroatoms. The highest BCUT2D eigenvalue weighted by Crippen LogP contribution is 2.44. The number of furan rings is 1. The molecule has 0 saturated carbocycles. The molecule has 0 spiro atoms. The Morgan fingerprint density at radius 1 is 1.03 bits per heavy atom. The lowest BCUT2D eigenvalue weighted by Crippen LogP contribution is -2.32. The van der Waals surface area contributed by atoms with Gasteiger partial charge in [0.1, 0.15) is 5.76 Å². The van der Waals surface area contributed by atoms with E-state index in [-0.39, 0.29) is 17.4 Å². The number of para-hydroxylation sites is 2. The number of hydrogen-bond acceptors (Lipinski definition) is 6. The molecule has 35 heavy (non-hydrogen) atoms. The Morgan fingerprint density at radius 3 is 2.31 bits per heavy atom. The molecular formula is C28H23N3O3S. The molecule has 1 amide bonds. The van der Waals surface area contributed by atoms with Crippen molar-refractivity contribution < 1.29 is 14.0 Å². The van der Waals surface area contributed by atoms with Gasteiger partial charge in [0.15, 0.2) is 5.78 Å². The lowest BCUT2D eigenvalue weighted by molar-refractivity contribution is -0.116. The van der Waals surface area contributed by atoms with Gasteiger partial charge in [-0.3, -0.25) is 14.5 Å². The lowest BCUT2D eigenvalue weighted by Gasteiger charge is -2.32. The Kier molecular flexibility index (Phi) is 6.55. The third kappa shape index (κ3) is 4.53. The van der Waals surface area contributed by atoms with Gasteiger partial charge in [-0.05, 0) is 49.2 Å². The maximum atomic E-state index is 13.5. The summed E-state index contributed by atoms with van der Waals surface area (Å²) < 4.78 is 5.65. The van der Waals surface area contributed by atoms with E-state index in [9.17, 15) is 14.9 Å². The van der Waals surface area contributed by atoms with Crippen molar-refractivity contribution in [2.75, 3.05) is 10.7 Å². The summed E-state index contributed by atoms with van der Waals surface area (Å²) in [5.41, 5.74) is 3.37. The van der Waals surface area contributed by atoms with Crippen LogP contribution < -0.4 is 10.2 Å². The van der Waals surface area contributed by atoms with E-state index in [1.54, 1.807) is 23.3 Å². The Morgan fingerprint density at radius 2 is 1.71 bits per heavy atom. The van der Waals surface area contributed by atoms with E-state index < -0.39 is 5.92 Å². The molecule has 1 unspecified atom stereocenters. The van der Waals surface area contributed by atoms with Crippen LogP contribution in [0.5, 0.6) is 0 Å². The van der Waals surface area contributed by atoms with E-state index in [4.69, 9.17) is 4.42 Å². The van der Waals surface area contributed by atoms with E-state index in [0.717, 1.165) is 29.9 Å². The van der Waals surface area contributed by atoms with Crippen LogP contribution in [-0.2, 0) is 9.59 Å². The average molecular weight is 482 g/mol. The zero-order valence-corrected chi connectivity index (χ0v) is 19.8. The number of carbonyl (C=O) groups excluding carboxylic acids is 2. The van der Waals surface area contributed by atoms with Crippen molar-refractivity contribution in [1.82, 2.24) is 5.32 Å². The Labute approximate surface area is 207 Å². The van der Waals surface area contributed by atoms with Crippen LogP contribution in [0.4, 0.5) is 11.4 Å². The highest BCUT2D eigenvalue weighted by Gasteiger charge is 2.38. The van der Waals surface area contributed by atoms with Gasteiger partial charge in [0, 0.05) is 29.1 Å². The second-order valence-electron chi connectivity index (χ2n) is 8.29. The van der Waals surface area contributed by atoms with Gasteiger partial charge < -0.3 is 9.73 Å². The molecular weight excluding hydrogens is 458 g/mol. The fourth-order valence-electron chi connectivity index (χ4n) is 4.57. The number of nitrogens with one attached hydrogen (secondary N) is 1. The number of thioether (sulfide) groups is 1. The third-order valence-corrected chi connectivity index (χ3v) is 7.11. The van der Waals surface area contributed by atoms with Crippen molar-refractivity contribution in [3.63, 3.8) is 0 Å². The van der Waals surface area contributed by atoms with Crippen LogP contribution >= 0.6 is 11.8 Å². The van der Waals surface area contributed by atoms with Crippen LogP contribution in [-0.4, -0.2) is 17.4 Å². The summed E-state index contributed by atoms with van der Waals surface area (Å²) in [6, 6.07) is 24.8. The number of hydrogen-bond donors (Lipinski definition) is 1. The van der Waals surface area contributed by atoms with Crippen LogP contribution in [0.3, 0.4) is 0 Å². The van der Waals surface area contributed by atoms with Gasteiger partial charge in [-0.25, -0.2) is 0 Å². The first-order valence-electron chi connectivity index (χ1n) is 11.4. The number of allylic oxidation sites excluding steroid dienone is 3. The number of nitriles is 1. The summed E-state index contributed by atoms with van der Waals surface area (Å²) in [7, 11) is 0. The Hall–Kier alpha value is -4.02. The molecule has 2 aromatic carbocycles. The molecule has 1 N–H and O–H groups in total. The number of benzene rings is 2. The van der Waals surface area contributed by atoms with Gasteiger partial charge in [0.05, 0.1) is 34.6 Å². The van der Waals surface area contributed by atoms with Gasteiger partial charge in [-0.15, -0.1) is 0 Å². The number of ketones is 1. The molecule has 0 fully saturated rings. The molecule has 1 atom stereocenters. The number of carbonyl (C=O) groups is 2. The van der Waals surface area contributed by atoms with Crippen molar-refractivity contribution >= 4 is 34.8 Å². The summed E-state index contributed by atoms with van der Waals surface area (Å²) in [6.07, 6.45) is 3.48. The minimum atomic E-state index is -0.559. The molecule has 174 valence electrons. The Bertz CT molecular complexity index is 1300. The van der Waals surface area contributed by atoms with Crippen LogP contribution in [0.25, 0.3) is 0 Å². The lowest BCUT2D eigenvalue weighted by atomic mass is 9.79. The molecule has 1 aliphatic heterocycles. The summed E-state index contributed by atoms with van der Waals surface area (Å²) in [5.74, 6) is 0.0282. The second kappa shape index (κ2) is 10.1. The SMILES string of the molecule is N#CC1=C(SCC(=O)N(c2ccccc2)c2ccccc2)NC2=C(C(=O)CCC2)C1c1ccco1. The maximum Gasteiger partial charge on any atom is 0.241 e. The third-order valence-electron chi connectivity index (χ3n) is 6.11. The van der Waals surface area contributed by atoms with E-state index in [0.29, 0.717) is 28.4 Å². The minimum absolute atomic E-state index is 0.0346. The standard InChI is InChI=1S/C28H23N3O3S/c29-17-21-26(24-15-8-16-34-24)27-22(13-7-14-23(27)32)30-28(21)35-18-25(33)31(19-9-3-1-4-10-19)20-11-5-2-6-12-20/h1-6,8-12,15-16,26,30H,7,13-14,18H2. The predicted molar refractivity (Wildman–Crippen MR) is 136 cm³/mol. The van der Waals surface area contributed by atoms with Crippen LogP contribution in [0.15, 0.2) is 105 Å². The molecule has 1 aromatic heterocycles. The average Bonchev–Trinajstić information content (AvgIpc) is 3.43. The second-order valence-corrected chi connectivity index (χ2v) is 9.27. The zero-order valence-electron chi connectivity index (χ0n) is 18.9. The molecule has 0 radical (unpaired) electrons. The number of rotatable bonds is 6. The first-order valence-corrected chi connectivity index (χ1v) is 12.4. The topological polar surface area (TPSA) is 86.3 Å². The fraction of sp³-hybridized carbons (Fsp3) is 0.179. The monoisotopic (exact) mass is 481 g/mol. The summed E-state index contributed by atoms with van der Waals surface area (Å²) in [5, 5.41) is 14.0. The number of Topliss-reactive ketones (excluding diaryl/α,β-unsaturated/α-hetero) is 1. The predicted octanol–water partition coefficient (Wildman–Crippen LogP) is 5.81. The number of anilines is 2. The zero-order chi connectivity index (χ0) is 24.2. The number of amides is 1. The van der Waals surface area contributed by atoms with E-state index >= 15 is 0 Å². The van der Waals surface area contributed by atoms with Gasteiger partial charge in [0.25, 0.3) is 0 Å². The van der Waals surface area contributed by atoms with Crippen LogP contribution in [0.2, 0.25) is 0 Å². The smallest absolute Gasteiger partial charge is 0.241 e. The van der Waals surface area contributed by atoms with Crippen molar-refractivity contribution in [2.45, 2.75) is 25.2 Å². The largest absolute Gasteiger partial charge is 0.468 e. The maximum absolute atomic E-state index is 13.5. The fourth-order valence-corrected chi connectivity index (χ4v) is 5.48. The van der Waals surface area contributed by atoms with Gasteiger partial charge in [-0.1, -0.05) is 48.2 Å². The van der Waals surface area contributed by atoms with Crippen molar-refractivity contribution in [3.05, 3.63) is 107 Å². The first kappa shape index (κ1) is 22.8. The number of dihydropyridines is 1. The summed E-state index contributed by atoms with van der Waals surface area (Å²) >= 11 is 1.28. The molecule has 3 aromatic rings. The Balaban J connectivity index is 1.46. The minimum Gasteiger partial charge on any atom is -0.468 e. The van der Waals surface area contributed by atoms with E-state index in [1.165, 1.54) is 11.8 Å². The molecule has 2 heterocycles. The van der Waals surface area contributed by atoms with E-state index in [2.05, 4.69) is 11.4 Å². The van der Waals surface area contributed by atoms with Crippen molar-refractivity contribution in [2.24, 2.45) is 0 Å². The molecule has 6 nitrogen and oxygen atoms in total. The summed E-state index contributed by atoms with van der Waals surface area (Å²) in [4.78, 5) is 28.0. The molecule has 2 aliphatic rings.